The zero-order valence-corrected chi connectivity index (χ0v) is 20.1. The van der Waals surface area contributed by atoms with E-state index in [1.807, 2.05) is 6.92 Å². The van der Waals surface area contributed by atoms with Gasteiger partial charge in [-0.3, -0.25) is 0 Å². The van der Waals surface area contributed by atoms with Crippen LogP contribution in [0.15, 0.2) is 22.8 Å². The van der Waals surface area contributed by atoms with Gasteiger partial charge in [0.1, 0.15) is 18.3 Å². The van der Waals surface area contributed by atoms with Gasteiger partial charge in [0.15, 0.2) is 6.29 Å². The first kappa shape index (κ1) is 26.8. The standard InChI is InChI=1S/C25H42O8/c1-15(7-10-26)5-6-17-16(12-27)11-19(33-23-21(31)20(30)18(29)13-32-23)22-24(2,14-28)8-4-9-25(17,22)3/h7,18-23,26-31H,4-6,8-14H2,1-3H3/b15-7+/t18-,19-,20-,21+,22-,23-,24+,25+/m0/s1. The molecule has 8 nitrogen and oxygen atoms in total. The summed E-state index contributed by atoms with van der Waals surface area (Å²) in [5, 5.41) is 60.3. The Bertz CT molecular complexity index is 736. The Balaban J connectivity index is 1.96. The van der Waals surface area contributed by atoms with E-state index in [9.17, 15) is 30.6 Å². The maximum Gasteiger partial charge on any atom is 0.186 e. The molecular formula is C25H42O8. The Kier molecular flexibility index (Phi) is 8.78. The van der Waals surface area contributed by atoms with Crippen molar-refractivity contribution in [1.29, 1.82) is 0 Å². The zero-order chi connectivity index (χ0) is 24.4. The summed E-state index contributed by atoms with van der Waals surface area (Å²) < 4.78 is 11.8. The highest BCUT2D eigenvalue weighted by Crippen LogP contribution is 2.61. The molecule has 0 amide bonds. The molecule has 6 N–H and O–H groups in total. The van der Waals surface area contributed by atoms with Gasteiger partial charge in [-0.1, -0.05) is 37.5 Å². The number of hydrogen-bond acceptors (Lipinski definition) is 8. The van der Waals surface area contributed by atoms with Crippen LogP contribution in [0.4, 0.5) is 0 Å². The molecule has 2 fully saturated rings. The van der Waals surface area contributed by atoms with E-state index in [1.54, 1.807) is 6.08 Å². The molecule has 2 aliphatic carbocycles. The topological polar surface area (TPSA) is 140 Å². The van der Waals surface area contributed by atoms with Crippen LogP contribution in [0.5, 0.6) is 0 Å². The largest absolute Gasteiger partial charge is 0.396 e. The van der Waals surface area contributed by atoms with E-state index in [4.69, 9.17) is 9.47 Å². The van der Waals surface area contributed by atoms with Gasteiger partial charge >= 0.3 is 0 Å². The minimum atomic E-state index is -1.39. The lowest BCUT2D eigenvalue weighted by Gasteiger charge is -2.59. The van der Waals surface area contributed by atoms with Crippen molar-refractivity contribution in [3.8, 4) is 0 Å². The molecule has 0 unspecified atom stereocenters. The first-order chi connectivity index (χ1) is 15.6. The second-order valence-corrected chi connectivity index (χ2v) is 10.7. The quantitative estimate of drug-likeness (QED) is 0.289. The van der Waals surface area contributed by atoms with E-state index in [-0.39, 0.29) is 37.8 Å². The highest BCUT2D eigenvalue weighted by molar-refractivity contribution is 5.31. The predicted octanol–water partition coefficient (Wildman–Crippen LogP) is 1.03. The van der Waals surface area contributed by atoms with Crippen LogP contribution in [-0.2, 0) is 9.47 Å². The zero-order valence-electron chi connectivity index (χ0n) is 20.1. The summed E-state index contributed by atoms with van der Waals surface area (Å²) in [5.74, 6) is -0.0871. The van der Waals surface area contributed by atoms with Crippen molar-refractivity contribution >= 4 is 0 Å². The number of fused-ring (bicyclic) bond motifs is 1. The normalized spacial score (nSPS) is 42.4. The van der Waals surface area contributed by atoms with Crippen LogP contribution in [0.2, 0.25) is 0 Å². The maximum atomic E-state index is 10.5. The SMILES string of the molecule is C/C(=C\CO)CCC1=C(CO)C[C@H](O[C@@H]2OC[C@H](O)[C@H](O)[C@H]2O)[C@H]2[C@@](C)(CO)CCC[C@]12C. The molecule has 8 heteroatoms. The lowest BCUT2D eigenvalue weighted by atomic mass is 9.48. The molecule has 1 heterocycles. The summed E-state index contributed by atoms with van der Waals surface area (Å²) in [6.45, 7) is 6.00. The van der Waals surface area contributed by atoms with E-state index in [2.05, 4.69) is 13.8 Å². The second-order valence-electron chi connectivity index (χ2n) is 10.7. The average molecular weight is 471 g/mol. The smallest absolute Gasteiger partial charge is 0.186 e. The Morgan fingerprint density at radius 1 is 1.12 bits per heavy atom. The van der Waals surface area contributed by atoms with Crippen molar-refractivity contribution in [3.05, 3.63) is 22.8 Å². The molecule has 3 aliphatic rings. The minimum Gasteiger partial charge on any atom is -0.396 e. The van der Waals surface area contributed by atoms with Crippen LogP contribution >= 0.6 is 0 Å². The highest BCUT2D eigenvalue weighted by Gasteiger charge is 2.57. The van der Waals surface area contributed by atoms with Crippen molar-refractivity contribution < 1.29 is 40.1 Å². The molecule has 0 aromatic heterocycles. The molecule has 1 aliphatic heterocycles. The van der Waals surface area contributed by atoms with Gasteiger partial charge in [-0.2, -0.15) is 0 Å². The molecule has 8 atom stereocenters. The van der Waals surface area contributed by atoms with Crippen LogP contribution in [-0.4, -0.2) is 87.8 Å². The van der Waals surface area contributed by atoms with Gasteiger partial charge in [-0.25, -0.2) is 0 Å². The molecule has 190 valence electrons. The monoisotopic (exact) mass is 470 g/mol. The van der Waals surface area contributed by atoms with Crippen LogP contribution in [0.1, 0.15) is 59.3 Å². The van der Waals surface area contributed by atoms with Crippen LogP contribution in [0.25, 0.3) is 0 Å². The predicted molar refractivity (Wildman–Crippen MR) is 122 cm³/mol. The Hall–Kier alpha value is -0.840. The van der Waals surface area contributed by atoms with Gasteiger partial charge < -0.3 is 40.1 Å². The average Bonchev–Trinajstić information content (AvgIpc) is 2.78. The second kappa shape index (κ2) is 10.8. The molecule has 3 rings (SSSR count). The third kappa shape index (κ3) is 5.23. The molecule has 33 heavy (non-hydrogen) atoms. The summed E-state index contributed by atoms with van der Waals surface area (Å²) in [6, 6.07) is 0. The first-order valence-corrected chi connectivity index (χ1v) is 12.1. The summed E-state index contributed by atoms with van der Waals surface area (Å²) in [5.41, 5.74) is 2.45. The van der Waals surface area contributed by atoms with Crippen LogP contribution in [0, 0.1) is 16.7 Å². The summed E-state index contributed by atoms with van der Waals surface area (Å²) in [6.07, 6.45) is 0.981. The van der Waals surface area contributed by atoms with Crippen LogP contribution in [0.3, 0.4) is 0 Å². The van der Waals surface area contributed by atoms with Gasteiger partial charge in [-0.15, -0.1) is 0 Å². The number of allylic oxidation sites excluding steroid dienone is 2. The minimum absolute atomic E-state index is 0.000389. The van der Waals surface area contributed by atoms with Crippen molar-refractivity contribution in [2.75, 3.05) is 26.4 Å². The fourth-order valence-corrected chi connectivity index (χ4v) is 6.60. The molecule has 0 bridgehead atoms. The Labute approximate surface area is 196 Å². The molecule has 0 aromatic rings. The number of ether oxygens (including phenoxy) is 2. The van der Waals surface area contributed by atoms with Gasteiger partial charge in [0, 0.05) is 12.5 Å². The molecule has 0 aromatic carbocycles. The van der Waals surface area contributed by atoms with Crippen molar-refractivity contribution in [1.82, 2.24) is 0 Å². The van der Waals surface area contributed by atoms with Gasteiger partial charge in [0.05, 0.1) is 25.9 Å². The lowest BCUT2D eigenvalue weighted by Crippen LogP contribution is -2.59. The van der Waals surface area contributed by atoms with E-state index in [0.717, 1.165) is 43.3 Å². The Morgan fingerprint density at radius 3 is 2.48 bits per heavy atom. The molecule has 1 saturated carbocycles. The maximum absolute atomic E-state index is 10.5. The van der Waals surface area contributed by atoms with Gasteiger partial charge in [0.2, 0.25) is 0 Å². The number of rotatable bonds is 8. The van der Waals surface area contributed by atoms with Crippen molar-refractivity contribution in [3.63, 3.8) is 0 Å². The van der Waals surface area contributed by atoms with E-state index in [1.165, 1.54) is 5.57 Å². The molecule has 0 spiro atoms. The number of aliphatic hydroxyl groups excluding tert-OH is 6. The first-order valence-electron chi connectivity index (χ1n) is 12.1. The summed E-state index contributed by atoms with van der Waals surface area (Å²) >= 11 is 0. The highest BCUT2D eigenvalue weighted by atomic mass is 16.7. The van der Waals surface area contributed by atoms with E-state index in [0.29, 0.717) is 6.42 Å². The lowest BCUT2D eigenvalue weighted by molar-refractivity contribution is -0.297. The fraction of sp³-hybridized carbons (Fsp3) is 0.840. The van der Waals surface area contributed by atoms with Crippen LogP contribution < -0.4 is 0 Å². The van der Waals surface area contributed by atoms with Gasteiger partial charge in [0.25, 0.3) is 0 Å². The van der Waals surface area contributed by atoms with Crippen molar-refractivity contribution in [2.24, 2.45) is 16.7 Å². The molecule has 0 radical (unpaired) electrons. The van der Waals surface area contributed by atoms with Crippen molar-refractivity contribution in [2.45, 2.75) is 90.0 Å². The Morgan fingerprint density at radius 2 is 1.85 bits per heavy atom. The molecule has 1 saturated heterocycles. The fourth-order valence-electron chi connectivity index (χ4n) is 6.60. The summed E-state index contributed by atoms with van der Waals surface area (Å²) in [7, 11) is 0. The third-order valence-corrected chi connectivity index (χ3v) is 8.34. The summed E-state index contributed by atoms with van der Waals surface area (Å²) in [4.78, 5) is 0. The van der Waals surface area contributed by atoms with E-state index < -0.39 is 36.1 Å². The third-order valence-electron chi connectivity index (χ3n) is 8.34. The molecular weight excluding hydrogens is 428 g/mol. The number of hydrogen-bond donors (Lipinski definition) is 6. The van der Waals surface area contributed by atoms with Gasteiger partial charge in [-0.05, 0) is 55.4 Å². The van der Waals surface area contributed by atoms with E-state index >= 15 is 0 Å². The number of aliphatic hydroxyl groups is 6.